The number of carbonyl (C=O) groups is 2. The largest absolute Gasteiger partial charge is 0.497 e. The summed E-state index contributed by atoms with van der Waals surface area (Å²) in [5.74, 6) is 0.864. The molecule has 2 aromatic rings. The molecule has 0 saturated heterocycles. The Labute approximate surface area is 180 Å². The van der Waals surface area contributed by atoms with Crippen LogP contribution in [-0.4, -0.2) is 51.7 Å². The lowest BCUT2D eigenvalue weighted by atomic mass is 9.95. The maximum Gasteiger partial charge on any atom is 0.341 e. The maximum absolute atomic E-state index is 12.7. The van der Waals surface area contributed by atoms with Crippen LogP contribution in [0.4, 0.5) is 5.00 Å². The van der Waals surface area contributed by atoms with Gasteiger partial charge in [0.25, 0.3) is 0 Å². The van der Waals surface area contributed by atoms with E-state index in [1.807, 2.05) is 30.1 Å². The van der Waals surface area contributed by atoms with E-state index in [0.717, 1.165) is 36.8 Å². The van der Waals surface area contributed by atoms with Crippen molar-refractivity contribution in [3.63, 3.8) is 0 Å². The first kappa shape index (κ1) is 22.1. The molecule has 162 valence electrons. The molecule has 1 aromatic carbocycles. The highest BCUT2D eigenvalue weighted by molar-refractivity contribution is 7.17. The number of rotatable bonds is 8. The number of methoxy groups -OCH3 is 3. The van der Waals surface area contributed by atoms with Gasteiger partial charge < -0.3 is 19.5 Å². The number of carbonyl (C=O) groups excluding carboxylic acids is 2. The molecule has 0 bridgehead atoms. The summed E-state index contributed by atoms with van der Waals surface area (Å²) in [5.41, 5.74) is 2.50. The Kier molecular flexibility index (Phi) is 7.33. The molecule has 1 aliphatic rings. The van der Waals surface area contributed by atoms with E-state index < -0.39 is 0 Å². The Morgan fingerprint density at radius 3 is 2.60 bits per heavy atom. The van der Waals surface area contributed by atoms with Crippen LogP contribution in [0.3, 0.4) is 0 Å². The van der Waals surface area contributed by atoms with Gasteiger partial charge in [0.05, 0.1) is 33.4 Å². The lowest BCUT2D eigenvalue weighted by Crippen LogP contribution is -2.30. The number of hydrogen-bond donors (Lipinski definition) is 1. The van der Waals surface area contributed by atoms with E-state index >= 15 is 0 Å². The number of amides is 1. The molecule has 1 amide bonds. The van der Waals surface area contributed by atoms with Crippen molar-refractivity contribution in [1.82, 2.24) is 4.90 Å². The first-order chi connectivity index (χ1) is 14.5. The standard InChI is InChI=1S/C22H28N2O5S/c1-24(12-14-9-10-15(27-2)11-17(14)28-3)13-19(25)23-21-20(22(26)29-4)16-7-5-6-8-18(16)30-21/h9-11H,5-8,12-13H2,1-4H3,(H,23,25). The van der Waals surface area contributed by atoms with Crippen molar-refractivity contribution in [3.8, 4) is 11.5 Å². The van der Waals surface area contributed by atoms with Crippen LogP contribution in [0.2, 0.25) is 0 Å². The van der Waals surface area contributed by atoms with Crippen molar-refractivity contribution in [1.29, 1.82) is 0 Å². The molecule has 1 heterocycles. The minimum absolute atomic E-state index is 0.172. The number of nitrogens with one attached hydrogen (secondary N) is 1. The van der Waals surface area contributed by atoms with Crippen LogP contribution in [0.15, 0.2) is 18.2 Å². The van der Waals surface area contributed by atoms with Crippen LogP contribution in [0.5, 0.6) is 11.5 Å². The summed E-state index contributed by atoms with van der Waals surface area (Å²) >= 11 is 1.49. The predicted molar refractivity (Wildman–Crippen MR) is 117 cm³/mol. The van der Waals surface area contributed by atoms with Gasteiger partial charge in [-0.15, -0.1) is 11.3 Å². The Morgan fingerprint density at radius 1 is 1.13 bits per heavy atom. The molecule has 1 aromatic heterocycles. The number of fused-ring (bicyclic) bond motifs is 1. The summed E-state index contributed by atoms with van der Waals surface area (Å²) in [5, 5.41) is 3.52. The van der Waals surface area contributed by atoms with Gasteiger partial charge in [-0.05, 0) is 44.4 Å². The Hall–Kier alpha value is -2.58. The summed E-state index contributed by atoms with van der Waals surface area (Å²) < 4.78 is 15.6. The highest BCUT2D eigenvalue weighted by Crippen LogP contribution is 2.38. The average molecular weight is 433 g/mol. The van der Waals surface area contributed by atoms with E-state index in [1.165, 1.54) is 23.3 Å². The third-order valence-corrected chi connectivity index (χ3v) is 6.37. The fourth-order valence-electron chi connectivity index (χ4n) is 3.71. The fourth-order valence-corrected chi connectivity index (χ4v) is 5.01. The van der Waals surface area contributed by atoms with Crippen LogP contribution in [0.25, 0.3) is 0 Å². The van der Waals surface area contributed by atoms with Gasteiger partial charge in [-0.2, -0.15) is 0 Å². The van der Waals surface area contributed by atoms with Crippen LogP contribution in [0, 0.1) is 0 Å². The van der Waals surface area contributed by atoms with Gasteiger partial charge in [-0.1, -0.05) is 6.07 Å². The third kappa shape index (κ3) is 4.94. The molecule has 0 aliphatic heterocycles. The predicted octanol–water partition coefficient (Wildman–Crippen LogP) is 3.50. The second-order valence-corrected chi connectivity index (χ2v) is 8.41. The van der Waals surface area contributed by atoms with Gasteiger partial charge in [0.15, 0.2) is 0 Å². The SMILES string of the molecule is COC(=O)c1c(NC(=O)CN(C)Cc2ccc(OC)cc2OC)sc2c1CCCC2. The van der Waals surface area contributed by atoms with Crippen molar-refractivity contribution in [2.75, 3.05) is 40.2 Å². The highest BCUT2D eigenvalue weighted by atomic mass is 32.1. The Bertz CT molecular complexity index is 924. The molecule has 0 saturated carbocycles. The molecule has 0 fully saturated rings. The van der Waals surface area contributed by atoms with Crippen molar-refractivity contribution >= 4 is 28.2 Å². The topological polar surface area (TPSA) is 77.1 Å². The lowest BCUT2D eigenvalue weighted by Gasteiger charge is -2.18. The Morgan fingerprint density at radius 2 is 1.90 bits per heavy atom. The molecule has 1 N–H and O–H groups in total. The maximum atomic E-state index is 12.7. The number of likely N-dealkylation sites (N-methyl/N-ethyl adjacent to an activating group) is 1. The first-order valence-electron chi connectivity index (χ1n) is 9.89. The van der Waals surface area contributed by atoms with Gasteiger partial charge in [-0.25, -0.2) is 4.79 Å². The minimum Gasteiger partial charge on any atom is -0.497 e. The highest BCUT2D eigenvalue weighted by Gasteiger charge is 2.27. The number of hydrogen-bond acceptors (Lipinski definition) is 7. The molecule has 8 heteroatoms. The quantitative estimate of drug-likeness (QED) is 0.644. The van der Waals surface area contributed by atoms with Crippen LogP contribution in [-0.2, 0) is 28.9 Å². The van der Waals surface area contributed by atoms with E-state index in [4.69, 9.17) is 14.2 Å². The zero-order valence-corrected chi connectivity index (χ0v) is 18.7. The van der Waals surface area contributed by atoms with Gasteiger partial charge in [0, 0.05) is 23.1 Å². The second kappa shape index (κ2) is 9.95. The number of benzene rings is 1. The molecule has 0 atom stereocenters. The molecule has 0 unspecified atom stereocenters. The summed E-state index contributed by atoms with van der Waals surface area (Å²) in [6, 6.07) is 5.61. The molecule has 0 radical (unpaired) electrons. The third-order valence-electron chi connectivity index (χ3n) is 5.16. The number of nitrogens with zero attached hydrogens (tertiary/aromatic N) is 1. The molecular formula is C22H28N2O5S. The molecule has 30 heavy (non-hydrogen) atoms. The zero-order valence-electron chi connectivity index (χ0n) is 17.9. The minimum atomic E-state index is -0.388. The lowest BCUT2D eigenvalue weighted by molar-refractivity contribution is -0.117. The van der Waals surface area contributed by atoms with Gasteiger partial charge in [0.2, 0.25) is 5.91 Å². The van der Waals surface area contributed by atoms with E-state index in [9.17, 15) is 9.59 Å². The summed E-state index contributed by atoms with van der Waals surface area (Å²) in [4.78, 5) is 28.1. The summed E-state index contributed by atoms with van der Waals surface area (Å²) in [6.07, 6.45) is 3.95. The zero-order chi connectivity index (χ0) is 21.7. The van der Waals surface area contributed by atoms with Crippen LogP contribution in [0.1, 0.15) is 39.2 Å². The average Bonchev–Trinajstić information content (AvgIpc) is 3.10. The number of thiophene rings is 1. The van der Waals surface area contributed by atoms with Crippen molar-refractivity contribution in [3.05, 3.63) is 39.8 Å². The smallest absolute Gasteiger partial charge is 0.341 e. The molecular weight excluding hydrogens is 404 g/mol. The van der Waals surface area contributed by atoms with Crippen molar-refractivity contribution < 1.29 is 23.8 Å². The molecule has 3 rings (SSSR count). The van der Waals surface area contributed by atoms with Crippen molar-refractivity contribution in [2.24, 2.45) is 0 Å². The van der Waals surface area contributed by atoms with Gasteiger partial charge in [-0.3, -0.25) is 9.69 Å². The van der Waals surface area contributed by atoms with E-state index in [-0.39, 0.29) is 18.4 Å². The molecule has 0 spiro atoms. The number of esters is 1. The molecule has 7 nitrogen and oxygen atoms in total. The second-order valence-electron chi connectivity index (χ2n) is 7.30. The van der Waals surface area contributed by atoms with Gasteiger partial charge >= 0.3 is 5.97 Å². The van der Waals surface area contributed by atoms with E-state index in [2.05, 4.69) is 5.32 Å². The van der Waals surface area contributed by atoms with E-state index in [0.29, 0.717) is 28.6 Å². The fraction of sp³-hybridized carbons (Fsp3) is 0.455. The van der Waals surface area contributed by atoms with Crippen molar-refractivity contribution in [2.45, 2.75) is 32.2 Å². The van der Waals surface area contributed by atoms with Gasteiger partial charge in [0.1, 0.15) is 16.5 Å². The Balaban J connectivity index is 1.69. The number of ether oxygens (including phenoxy) is 3. The normalized spacial score (nSPS) is 13.0. The summed E-state index contributed by atoms with van der Waals surface area (Å²) in [6.45, 7) is 0.712. The monoisotopic (exact) mass is 432 g/mol. The number of aryl methyl sites for hydroxylation is 1. The van der Waals surface area contributed by atoms with Crippen LogP contribution < -0.4 is 14.8 Å². The molecule has 1 aliphatic carbocycles. The van der Waals surface area contributed by atoms with E-state index in [1.54, 1.807) is 14.2 Å². The summed E-state index contributed by atoms with van der Waals surface area (Å²) in [7, 11) is 6.45. The van der Waals surface area contributed by atoms with Crippen LogP contribution >= 0.6 is 11.3 Å². The number of anilines is 1. The first-order valence-corrected chi connectivity index (χ1v) is 10.7.